The lowest BCUT2D eigenvalue weighted by atomic mass is 10.0. The van der Waals surface area contributed by atoms with Crippen LogP contribution in [0.5, 0.6) is 0 Å². The highest BCUT2D eigenvalue weighted by Gasteiger charge is 2.04. The Kier molecular flexibility index (Phi) is 8.50. The second kappa shape index (κ2) is 11.1. The van der Waals surface area contributed by atoms with E-state index in [-0.39, 0.29) is 11.8 Å². The van der Waals surface area contributed by atoms with Gasteiger partial charge in [-0.3, -0.25) is 9.59 Å². The van der Waals surface area contributed by atoms with Crippen LogP contribution < -0.4 is 0 Å². The standard InChI is InChI=1S/C24H28O3/c1-3-4-6-19-9-11-21(12-10-19)15-18-23(25)22-16-13-20(14-17-22)7-5-8-24(26)27-2/h9-18H,3-8H2,1-2H3/b18-15+. The number of hydrogen-bond acceptors (Lipinski definition) is 3. The Morgan fingerprint density at radius 1 is 0.889 bits per heavy atom. The van der Waals surface area contributed by atoms with Crippen molar-refractivity contribution < 1.29 is 14.3 Å². The van der Waals surface area contributed by atoms with Gasteiger partial charge >= 0.3 is 5.97 Å². The molecule has 27 heavy (non-hydrogen) atoms. The van der Waals surface area contributed by atoms with Crippen LogP contribution in [0.1, 0.15) is 59.7 Å². The number of unbranched alkanes of at least 4 members (excludes halogenated alkanes) is 1. The van der Waals surface area contributed by atoms with E-state index in [0.29, 0.717) is 12.0 Å². The average molecular weight is 364 g/mol. The normalized spacial score (nSPS) is 10.9. The molecule has 2 aromatic carbocycles. The average Bonchev–Trinajstić information content (AvgIpc) is 2.71. The molecule has 0 N–H and O–H groups in total. The van der Waals surface area contributed by atoms with Gasteiger partial charge in [-0.25, -0.2) is 0 Å². The highest BCUT2D eigenvalue weighted by Crippen LogP contribution is 2.12. The Morgan fingerprint density at radius 2 is 1.48 bits per heavy atom. The van der Waals surface area contributed by atoms with Crippen molar-refractivity contribution in [2.75, 3.05) is 7.11 Å². The molecule has 0 spiro atoms. The maximum absolute atomic E-state index is 12.3. The molecule has 0 bridgehead atoms. The van der Waals surface area contributed by atoms with Gasteiger partial charge in [-0.15, -0.1) is 0 Å². The van der Waals surface area contributed by atoms with Gasteiger partial charge in [0.2, 0.25) is 0 Å². The van der Waals surface area contributed by atoms with Crippen LogP contribution in [-0.2, 0) is 22.4 Å². The quantitative estimate of drug-likeness (QED) is 0.321. The molecule has 0 atom stereocenters. The Labute approximate surface area is 162 Å². The number of methoxy groups -OCH3 is 1. The molecule has 0 aliphatic carbocycles. The minimum Gasteiger partial charge on any atom is -0.469 e. The van der Waals surface area contributed by atoms with Gasteiger partial charge in [-0.05, 0) is 48.4 Å². The lowest BCUT2D eigenvalue weighted by Crippen LogP contribution is -2.00. The van der Waals surface area contributed by atoms with Gasteiger partial charge in [-0.2, -0.15) is 0 Å². The van der Waals surface area contributed by atoms with E-state index in [1.807, 2.05) is 30.3 Å². The minimum atomic E-state index is -0.190. The predicted molar refractivity (Wildman–Crippen MR) is 110 cm³/mol. The van der Waals surface area contributed by atoms with Crippen LogP contribution in [-0.4, -0.2) is 18.9 Å². The van der Waals surface area contributed by atoms with Gasteiger partial charge in [0.05, 0.1) is 7.11 Å². The number of carbonyl (C=O) groups excluding carboxylic acids is 2. The third kappa shape index (κ3) is 7.22. The van der Waals surface area contributed by atoms with E-state index in [1.54, 1.807) is 6.08 Å². The molecular weight excluding hydrogens is 336 g/mol. The predicted octanol–water partition coefficient (Wildman–Crippen LogP) is 5.42. The number of aryl methyl sites for hydroxylation is 2. The molecule has 2 aromatic rings. The number of ether oxygens (including phenoxy) is 1. The van der Waals surface area contributed by atoms with Crippen LogP contribution in [0.15, 0.2) is 54.6 Å². The van der Waals surface area contributed by atoms with E-state index >= 15 is 0 Å². The van der Waals surface area contributed by atoms with Gasteiger partial charge < -0.3 is 4.74 Å². The SMILES string of the molecule is CCCCc1ccc(/C=C/C(=O)c2ccc(CCCC(=O)OC)cc2)cc1. The first-order chi connectivity index (χ1) is 13.1. The molecule has 0 aromatic heterocycles. The Bertz CT molecular complexity index is 755. The highest BCUT2D eigenvalue weighted by molar-refractivity contribution is 6.06. The summed E-state index contributed by atoms with van der Waals surface area (Å²) in [6.07, 6.45) is 8.93. The number of hydrogen-bond donors (Lipinski definition) is 0. The molecule has 0 aliphatic heterocycles. The van der Waals surface area contributed by atoms with E-state index in [2.05, 4.69) is 35.9 Å². The molecule has 142 valence electrons. The topological polar surface area (TPSA) is 43.4 Å². The molecule has 0 heterocycles. The molecular formula is C24H28O3. The van der Waals surface area contributed by atoms with Gasteiger partial charge in [0.1, 0.15) is 0 Å². The van der Waals surface area contributed by atoms with Crippen molar-refractivity contribution >= 4 is 17.8 Å². The second-order valence-electron chi connectivity index (χ2n) is 6.67. The summed E-state index contributed by atoms with van der Waals surface area (Å²) in [5.41, 5.74) is 4.15. The van der Waals surface area contributed by atoms with Crippen molar-refractivity contribution in [1.82, 2.24) is 0 Å². The van der Waals surface area contributed by atoms with E-state index in [1.165, 1.54) is 25.5 Å². The monoisotopic (exact) mass is 364 g/mol. The van der Waals surface area contributed by atoms with Gasteiger partial charge in [0, 0.05) is 12.0 Å². The lowest BCUT2D eigenvalue weighted by Gasteiger charge is -2.03. The maximum Gasteiger partial charge on any atom is 0.305 e. The molecule has 0 radical (unpaired) electrons. The van der Waals surface area contributed by atoms with Crippen LogP contribution in [0.25, 0.3) is 6.08 Å². The lowest BCUT2D eigenvalue weighted by molar-refractivity contribution is -0.140. The zero-order valence-corrected chi connectivity index (χ0v) is 16.2. The second-order valence-corrected chi connectivity index (χ2v) is 6.67. The van der Waals surface area contributed by atoms with E-state index < -0.39 is 0 Å². The zero-order chi connectivity index (χ0) is 19.5. The van der Waals surface area contributed by atoms with Crippen molar-refractivity contribution in [1.29, 1.82) is 0 Å². The van der Waals surface area contributed by atoms with Crippen LogP contribution in [0.2, 0.25) is 0 Å². The number of allylic oxidation sites excluding steroid dienone is 1. The van der Waals surface area contributed by atoms with Crippen molar-refractivity contribution in [2.45, 2.75) is 45.4 Å². The number of ketones is 1. The third-order valence-electron chi connectivity index (χ3n) is 4.54. The first-order valence-corrected chi connectivity index (χ1v) is 9.59. The fourth-order valence-electron chi connectivity index (χ4n) is 2.82. The fourth-order valence-corrected chi connectivity index (χ4v) is 2.82. The first kappa shape index (κ1) is 20.6. The molecule has 0 aliphatic rings. The van der Waals surface area contributed by atoms with Gasteiger partial charge in [0.15, 0.2) is 5.78 Å². The molecule has 0 saturated carbocycles. The molecule has 2 rings (SSSR count). The summed E-state index contributed by atoms with van der Waals surface area (Å²) in [6.45, 7) is 2.19. The summed E-state index contributed by atoms with van der Waals surface area (Å²) in [7, 11) is 1.40. The molecule has 3 heteroatoms. The van der Waals surface area contributed by atoms with Gasteiger partial charge in [-0.1, -0.05) is 68.0 Å². The number of rotatable bonds is 10. The smallest absolute Gasteiger partial charge is 0.305 e. The van der Waals surface area contributed by atoms with Crippen LogP contribution in [0, 0.1) is 0 Å². The third-order valence-corrected chi connectivity index (χ3v) is 4.54. The van der Waals surface area contributed by atoms with Crippen LogP contribution in [0.4, 0.5) is 0 Å². The van der Waals surface area contributed by atoms with Crippen LogP contribution >= 0.6 is 0 Å². The number of carbonyl (C=O) groups is 2. The Morgan fingerprint density at radius 3 is 2.07 bits per heavy atom. The first-order valence-electron chi connectivity index (χ1n) is 9.59. The maximum atomic E-state index is 12.3. The summed E-state index contributed by atoms with van der Waals surface area (Å²) in [5.74, 6) is -0.198. The van der Waals surface area contributed by atoms with E-state index in [0.717, 1.165) is 30.4 Å². The summed E-state index contributed by atoms with van der Waals surface area (Å²) in [4.78, 5) is 23.5. The minimum absolute atomic E-state index is 0.00818. The number of esters is 1. The van der Waals surface area contributed by atoms with Crippen molar-refractivity contribution in [3.05, 3.63) is 76.9 Å². The summed E-state index contributed by atoms with van der Waals surface area (Å²) < 4.78 is 4.63. The number of benzene rings is 2. The van der Waals surface area contributed by atoms with E-state index in [4.69, 9.17) is 0 Å². The van der Waals surface area contributed by atoms with Crippen molar-refractivity contribution in [3.8, 4) is 0 Å². The summed E-state index contributed by atoms with van der Waals surface area (Å²) in [6, 6.07) is 15.9. The summed E-state index contributed by atoms with van der Waals surface area (Å²) >= 11 is 0. The largest absolute Gasteiger partial charge is 0.469 e. The fraction of sp³-hybridized carbons (Fsp3) is 0.333. The van der Waals surface area contributed by atoms with Crippen molar-refractivity contribution in [2.24, 2.45) is 0 Å². The highest BCUT2D eigenvalue weighted by atomic mass is 16.5. The molecule has 3 nitrogen and oxygen atoms in total. The summed E-state index contributed by atoms with van der Waals surface area (Å²) in [5, 5.41) is 0. The molecule has 0 amide bonds. The molecule has 0 unspecified atom stereocenters. The van der Waals surface area contributed by atoms with E-state index in [9.17, 15) is 9.59 Å². The zero-order valence-electron chi connectivity index (χ0n) is 16.2. The van der Waals surface area contributed by atoms with Crippen LogP contribution in [0.3, 0.4) is 0 Å². The molecule has 0 fully saturated rings. The Hall–Kier alpha value is -2.68. The van der Waals surface area contributed by atoms with Gasteiger partial charge in [0.25, 0.3) is 0 Å². The molecule has 0 saturated heterocycles. The van der Waals surface area contributed by atoms with Crippen molar-refractivity contribution in [3.63, 3.8) is 0 Å². The Balaban J connectivity index is 1.87.